The molecule has 0 spiro atoms. The van der Waals surface area contributed by atoms with Gasteiger partial charge >= 0.3 is 0 Å². The van der Waals surface area contributed by atoms with Crippen LogP contribution in [-0.2, 0) is 13.0 Å². The van der Waals surface area contributed by atoms with Crippen LogP contribution in [0.2, 0.25) is 5.02 Å². The first-order valence-corrected chi connectivity index (χ1v) is 9.65. The van der Waals surface area contributed by atoms with E-state index in [0.29, 0.717) is 6.54 Å². The van der Waals surface area contributed by atoms with E-state index in [4.69, 9.17) is 16.6 Å². The summed E-state index contributed by atoms with van der Waals surface area (Å²) in [5.41, 5.74) is 3.74. The van der Waals surface area contributed by atoms with Crippen LogP contribution in [0.3, 0.4) is 0 Å². The van der Waals surface area contributed by atoms with E-state index in [-0.39, 0.29) is 11.7 Å². The van der Waals surface area contributed by atoms with Crippen molar-refractivity contribution in [1.29, 1.82) is 0 Å². The fourth-order valence-electron chi connectivity index (χ4n) is 3.16. The van der Waals surface area contributed by atoms with Gasteiger partial charge in [-0.1, -0.05) is 57.0 Å². The Hall–Kier alpha value is -2.13. The zero-order valence-electron chi connectivity index (χ0n) is 15.6. The van der Waals surface area contributed by atoms with Crippen molar-refractivity contribution >= 4 is 28.4 Å². The molecule has 1 aromatic heterocycles. The van der Waals surface area contributed by atoms with Crippen LogP contribution in [-0.4, -0.2) is 15.3 Å². The molecule has 0 unspecified atom stereocenters. The number of aromatic nitrogens is 2. The van der Waals surface area contributed by atoms with Crippen molar-refractivity contribution in [2.24, 2.45) is 5.92 Å². The van der Waals surface area contributed by atoms with Crippen molar-refractivity contribution in [2.45, 2.75) is 46.6 Å². The van der Waals surface area contributed by atoms with Gasteiger partial charge in [-0.3, -0.25) is 4.79 Å². The molecule has 0 aliphatic carbocycles. The van der Waals surface area contributed by atoms with Gasteiger partial charge in [0.15, 0.2) is 5.78 Å². The minimum absolute atomic E-state index is 0.0213. The molecule has 4 heteroatoms. The average molecular weight is 369 g/mol. The molecular formula is C22H25ClN2O. The standard InChI is InChI=1S/C22H25ClN2O/c1-4-5-10-21-24-19-12-11-16(22(26)15(2)3)13-20(19)25(21)14-17-8-6-7-9-18(17)23/h6-9,11-13,15H,4-5,10,14H2,1-3H3. The summed E-state index contributed by atoms with van der Waals surface area (Å²) in [6.07, 6.45) is 3.12. The number of ketones is 1. The second kappa shape index (κ2) is 8.05. The lowest BCUT2D eigenvalue weighted by Crippen LogP contribution is -2.09. The number of imidazole rings is 1. The molecule has 1 heterocycles. The highest BCUT2D eigenvalue weighted by Gasteiger charge is 2.16. The van der Waals surface area contributed by atoms with Crippen LogP contribution in [0.5, 0.6) is 0 Å². The molecule has 0 atom stereocenters. The molecule has 3 nitrogen and oxygen atoms in total. The Labute approximate surface area is 160 Å². The van der Waals surface area contributed by atoms with Crippen molar-refractivity contribution in [3.8, 4) is 0 Å². The van der Waals surface area contributed by atoms with E-state index in [2.05, 4.69) is 11.5 Å². The van der Waals surface area contributed by atoms with E-state index in [1.165, 1.54) is 0 Å². The summed E-state index contributed by atoms with van der Waals surface area (Å²) < 4.78 is 2.21. The molecule has 3 rings (SSSR count). The molecule has 136 valence electrons. The number of benzene rings is 2. The Morgan fingerprint density at radius 3 is 2.65 bits per heavy atom. The summed E-state index contributed by atoms with van der Waals surface area (Å²) in [5.74, 6) is 1.19. The number of carbonyl (C=O) groups excluding carboxylic acids is 1. The SMILES string of the molecule is CCCCc1nc2ccc(C(=O)C(C)C)cc2n1Cc1ccccc1Cl. The van der Waals surface area contributed by atoms with Gasteiger partial charge in [-0.2, -0.15) is 0 Å². The third kappa shape index (κ3) is 3.83. The highest BCUT2D eigenvalue weighted by Crippen LogP contribution is 2.24. The van der Waals surface area contributed by atoms with Gasteiger partial charge in [0, 0.05) is 22.9 Å². The summed E-state index contributed by atoms with van der Waals surface area (Å²) in [6, 6.07) is 13.7. The molecule has 0 amide bonds. The van der Waals surface area contributed by atoms with E-state index in [1.807, 2.05) is 56.3 Å². The second-order valence-electron chi connectivity index (χ2n) is 7.03. The predicted molar refractivity (Wildman–Crippen MR) is 108 cm³/mol. The van der Waals surface area contributed by atoms with E-state index >= 15 is 0 Å². The molecule has 0 aliphatic rings. The van der Waals surface area contributed by atoms with Crippen molar-refractivity contribution in [3.63, 3.8) is 0 Å². The van der Waals surface area contributed by atoms with Crippen LogP contribution in [0, 0.1) is 5.92 Å². The monoisotopic (exact) mass is 368 g/mol. The minimum atomic E-state index is -0.0213. The maximum atomic E-state index is 12.4. The quantitative estimate of drug-likeness (QED) is 0.485. The summed E-state index contributed by atoms with van der Waals surface area (Å²) in [6.45, 7) is 6.70. The van der Waals surface area contributed by atoms with Crippen molar-refractivity contribution in [1.82, 2.24) is 9.55 Å². The average Bonchev–Trinajstić information content (AvgIpc) is 2.97. The van der Waals surface area contributed by atoms with Gasteiger partial charge in [0.25, 0.3) is 0 Å². The molecule has 3 aromatic rings. The van der Waals surface area contributed by atoms with Gasteiger partial charge in [-0.05, 0) is 36.2 Å². The van der Waals surface area contributed by atoms with Crippen molar-refractivity contribution < 1.29 is 4.79 Å². The Bertz CT molecular complexity index is 927. The van der Waals surface area contributed by atoms with E-state index in [0.717, 1.165) is 52.3 Å². The smallest absolute Gasteiger partial charge is 0.165 e. The molecule has 0 bridgehead atoms. The number of aryl methyl sites for hydroxylation is 1. The number of unbranched alkanes of at least 4 members (excludes halogenated alkanes) is 1. The van der Waals surface area contributed by atoms with Gasteiger partial charge in [0.05, 0.1) is 17.6 Å². The fraction of sp³-hybridized carbons (Fsp3) is 0.364. The van der Waals surface area contributed by atoms with E-state index in [9.17, 15) is 4.79 Å². The van der Waals surface area contributed by atoms with E-state index in [1.54, 1.807) is 0 Å². The highest BCUT2D eigenvalue weighted by molar-refractivity contribution is 6.31. The Balaban J connectivity index is 2.10. The fourth-order valence-corrected chi connectivity index (χ4v) is 3.35. The summed E-state index contributed by atoms with van der Waals surface area (Å²) >= 11 is 6.38. The number of fused-ring (bicyclic) bond motifs is 1. The zero-order valence-corrected chi connectivity index (χ0v) is 16.4. The maximum absolute atomic E-state index is 12.4. The number of rotatable bonds is 7. The first kappa shape index (κ1) is 18.7. The van der Waals surface area contributed by atoms with Gasteiger partial charge in [0.1, 0.15) is 5.82 Å². The van der Waals surface area contributed by atoms with Crippen LogP contribution in [0.1, 0.15) is 55.4 Å². The molecule has 0 N–H and O–H groups in total. The molecule has 2 aromatic carbocycles. The van der Waals surface area contributed by atoms with Crippen LogP contribution in [0.25, 0.3) is 11.0 Å². The molecule has 0 saturated heterocycles. The highest BCUT2D eigenvalue weighted by atomic mass is 35.5. The first-order valence-electron chi connectivity index (χ1n) is 9.28. The number of nitrogens with zero attached hydrogens (tertiary/aromatic N) is 2. The van der Waals surface area contributed by atoms with Crippen molar-refractivity contribution in [3.05, 3.63) is 64.4 Å². The van der Waals surface area contributed by atoms with E-state index < -0.39 is 0 Å². The van der Waals surface area contributed by atoms with Gasteiger partial charge in [-0.25, -0.2) is 4.98 Å². The predicted octanol–water partition coefficient (Wildman–Crippen LogP) is 5.92. The first-order chi connectivity index (χ1) is 12.5. The second-order valence-corrected chi connectivity index (χ2v) is 7.44. The molecule has 0 radical (unpaired) electrons. The van der Waals surface area contributed by atoms with Gasteiger partial charge in [-0.15, -0.1) is 0 Å². The zero-order chi connectivity index (χ0) is 18.7. The molecular weight excluding hydrogens is 344 g/mol. The largest absolute Gasteiger partial charge is 0.323 e. The van der Waals surface area contributed by atoms with Crippen LogP contribution in [0.15, 0.2) is 42.5 Å². The molecule has 0 fully saturated rings. The van der Waals surface area contributed by atoms with Crippen LogP contribution >= 0.6 is 11.6 Å². The molecule has 0 saturated carbocycles. The lowest BCUT2D eigenvalue weighted by atomic mass is 10.0. The third-order valence-electron chi connectivity index (χ3n) is 4.68. The Morgan fingerprint density at radius 2 is 1.96 bits per heavy atom. The number of Topliss-reactive ketones (excluding diaryl/α,β-unsaturated/α-hetero) is 1. The molecule has 0 aliphatic heterocycles. The van der Waals surface area contributed by atoms with Crippen molar-refractivity contribution in [2.75, 3.05) is 0 Å². The number of hydrogen-bond acceptors (Lipinski definition) is 2. The topological polar surface area (TPSA) is 34.9 Å². The third-order valence-corrected chi connectivity index (χ3v) is 5.05. The summed E-state index contributed by atoms with van der Waals surface area (Å²) in [4.78, 5) is 17.3. The van der Waals surface area contributed by atoms with Crippen LogP contribution < -0.4 is 0 Å². The lowest BCUT2D eigenvalue weighted by Gasteiger charge is -2.11. The Morgan fingerprint density at radius 1 is 1.19 bits per heavy atom. The lowest BCUT2D eigenvalue weighted by molar-refractivity contribution is 0.0939. The Kier molecular flexibility index (Phi) is 5.77. The number of hydrogen-bond donors (Lipinski definition) is 0. The summed E-state index contributed by atoms with van der Waals surface area (Å²) in [7, 11) is 0. The summed E-state index contributed by atoms with van der Waals surface area (Å²) in [5, 5.41) is 0.755. The maximum Gasteiger partial charge on any atom is 0.165 e. The number of halogens is 1. The van der Waals surface area contributed by atoms with Gasteiger partial charge in [0.2, 0.25) is 0 Å². The van der Waals surface area contributed by atoms with Gasteiger partial charge < -0.3 is 4.57 Å². The van der Waals surface area contributed by atoms with Crippen LogP contribution in [0.4, 0.5) is 0 Å². The normalized spacial score (nSPS) is 11.4. The number of carbonyl (C=O) groups is 1. The molecule has 26 heavy (non-hydrogen) atoms. The minimum Gasteiger partial charge on any atom is -0.323 e.